The SMILES string of the molecule is CCn1cccc1CNc1ccc(Cl)cc1. The molecule has 0 atom stereocenters. The second-order valence-electron chi connectivity index (χ2n) is 3.65. The maximum Gasteiger partial charge on any atom is 0.0553 e. The molecule has 84 valence electrons. The van der Waals surface area contributed by atoms with Crippen molar-refractivity contribution in [3.05, 3.63) is 53.3 Å². The Morgan fingerprint density at radius 1 is 1.19 bits per heavy atom. The second-order valence-corrected chi connectivity index (χ2v) is 4.08. The van der Waals surface area contributed by atoms with E-state index in [1.165, 1.54) is 5.69 Å². The van der Waals surface area contributed by atoms with Crippen LogP contribution in [0, 0.1) is 0 Å². The molecule has 0 radical (unpaired) electrons. The van der Waals surface area contributed by atoms with Gasteiger partial charge in [0.25, 0.3) is 0 Å². The van der Waals surface area contributed by atoms with Gasteiger partial charge in [0, 0.05) is 29.1 Å². The van der Waals surface area contributed by atoms with Crippen LogP contribution in [-0.2, 0) is 13.1 Å². The number of hydrogen-bond donors (Lipinski definition) is 1. The molecule has 0 unspecified atom stereocenters. The summed E-state index contributed by atoms with van der Waals surface area (Å²) in [4.78, 5) is 0. The number of aryl methyl sites for hydroxylation is 1. The van der Waals surface area contributed by atoms with Gasteiger partial charge in [-0.3, -0.25) is 0 Å². The standard InChI is InChI=1S/C13H15ClN2/c1-2-16-9-3-4-13(16)10-15-12-7-5-11(14)6-8-12/h3-9,15H,2,10H2,1H3. The van der Waals surface area contributed by atoms with Crippen molar-refractivity contribution in [1.29, 1.82) is 0 Å². The molecule has 1 N–H and O–H groups in total. The lowest BCUT2D eigenvalue weighted by molar-refractivity contribution is 0.724. The van der Waals surface area contributed by atoms with Crippen LogP contribution in [0.5, 0.6) is 0 Å². The topological polar surface area (TPSA) is 17.0 Å². The van der Waals surface area contributed by atoms with E-state index < -0.39 is 0 Å². The van der Waals surface area contributed by atoms with Gasteiger partial charge in [-0.05, 0) is 43.3 Å². The van der Waals surface area contributed by atoms with Crippen LogP contribution in [0.2, 0.25) is 5.02 Å². The smallest absolute Gasteiger partial charge is 0.0553 e. The van der Waals surface area contributed by atoms with E-state index in [0.717, 1.165) is 23.8 Å². The molecular formula is C13H15ClN2. The first-order chi connectivity index (χ1) is 7.79. The minimum atomic E-state index is 0.766. The first kappa shape index (κ1) is 11.1. The van der Waals surface area contributed by atoms with Gasteiger partial charge in [-0.2, -0.15) is 0 Å². The van der Waals surface area contributed by atoms with Gasteiger partial charge in [0.15, 0.2) is 0 Å². The highest BCUT2D eigenvalue weighted by Gasteiger charge is 1.98. The quantitative estimate of drug-likeness (QED) is 0.852. The normalized spacial score (nSPS) is 10.4. The fraction of sp³-hybridized carbons (Fsp3) is 0.231. The van der Waals surface area contributed by atoms with Crippen LogP contribution >= 0.6 is 11.6 Å². The lowest BCUT2D eigenvalue weighted by atomic mass is 10.3. The third-order valence-corrected chi connectivity index (χ3v) is 2.83. The Morgan fingerprint density at radius 2 is 1.94 bits per heavy atom. The molecule has 16 heavy (non-hydrogen) atoms. The van der Waals surface area contributed by atoms with Crippen molar-refractivity contribution in [3.8, 4) is 0 Å². The van der Waals surface area contributed by atoms with Crippen molar-refractivity contribution in [2.24, 2.45) is 0 Å². The number of hydrogen-bond acceptors (Lipinski definition) is 1. The summed E-state index contributed by atoms with van der Waals surface area (Å²) in [6, 6.07) is 12.0. The molecule has 0 saturated carbocycles. The Balaban J connectivity index is 1.99. The van der Waals surface area contributed by atoms with E-state index in [9.17, 15) is 0 Å². The van der Waals surface area contributed by atoms with Crippen molar-refractivity contribution in [2.75, 3.05) is 5.32 Å². The maximum atomic E-state index is 5.83. The molecule has 0 bridgehead atoms. The zero-order chi connectivity index (χ0) is 11.4. The molecule has 2 nitrogen and oxygen atoms in total. The summed E-state index contributed by atoms with van der Waals surface area (Å²) in [6.07, 6.45) is 2.10. The van der Waals surface area contributed by atoms with Crippen LogP contribution in [-0.4, -0.2) is 4.57 Å². The Labute approximate surface area is 101 Å². The summed E-state index contributed by atoms with van der Waals surface area (Å²) >= 11 is 5.83. The van der Waals surface area contributed by atoms with Gasteiger partial charge in [0.1, 0.15) is 0 Å². The third kappa shape index (κ3) is 2.58. The summed E-state index contributed by atoms with van der Waals surface area (Å²) in [5.74, 6) is 0. The molecule has 0 aliphatic rings. The number of nitrogens with one attached hydrogen (secondary N) is 1. The molecule has 2 aromatic rings. The molecule has 3 heteroatoms. The fourth-order valence-corrected chi connectivity index (χ4v) is 1.80. The number of aromatic nitrogens is 1. The van der Waals surface area contributed by atoms with Crippen LogP contribution in [0.3, 0.4) is 0 Å². The molecule has 0 amide bonds. The molecule has 2 rings (SSSR count). The highest BCUT2D eigenvalue weighted by atomic mass is 35.5. The van der Waals surface area contributed by atoms with Gasteiger partial charge in [0.2, 0.25) is 0 Å². The molecule has 1 aromatic heterocycles. The lowest BCUT2D eigenvalue weighted by Gasteiger charge is -2.09. The molecule has 0 spiro atoms. The summed E-state index contributed by atoms with van der Waals surface area (Å²) < 4.78 is 2.23. The number of benzene rings is 1. The summed E-state index contributed by atoms with van der Waals surface area (Å²) in [6.45, 7) is 3.99. The zero-order valence-corrected chi connectivity index (χ0v) is 10.0. The minimum absolute atomic E-state index is 0.766. The number of anilines is 1. The van der Waals surface area contributed by atoms with Crippen molar-refractivity contribution < 1.29 is 0 Å². The van der Waals surface area contributed by atoms with E-state index >= 15 is 0 Å². The van der Waals surface area contributed by atoms with E-state index in [-0.39, 0.29) is 0 Å². The number of nitrogens with zero attached hydrogens (tertiary/aromatic N) is 1. The predicted molar refractivity (Wildman–Crippen MR) is 68.9 cm³/mol. The van der Waals surface area contributed by atoms with Crippen LogP contribution in [0.15, 0.2) is 42.6 Å². The van der Waals surface area contributed by atoms with Crippen molar-refractivity contribution in [3.63, 3.8) is 0 Å². The molecule has 1 heterocycles. The van der Waals surface area contributed by atoms with E-state index in [2.05, 4.69) is 35.1 Å². The van der Waals surface area contributed by atoms with Gasteiger partial charge in [0.05, 0.1) is 6.54 Å². The van der Waals surface area contributed by atoms with Crippen LogP contribution < -0.4 is 5.32 Å². The average Bonchev–Trinajstić information content (AvgIpc) is 2.76. The zero-order valence-electron chi connectivity index (χ0n) is 9.28. The van der Waals surface area contributed by atoms with E-state index in [1.54, 1.807) is 0 Å². The minimum Gasteiger partial charge on any atom is -0.379 e. The number of rotatable bonds is 4. The van der Waals surface area contributed by atoms with Crippen molar-refractivity contribution in [2.45, 2.75) is 20.0 Å². The van der Waals surface area contributed by atoms with Crippen LogP contribution in [0.1, 0.15) is 12.6 Å². The Morgan fingerprint density at radius 3 is 2.62 bits per heavy atom. The van der Waals surface area contributed by atoms with Gasteiger partial charge in [-0.25, -0.2) is 0 Å². The molecule has 0 fully saturated rings. The van der Waals surface area contributed by atoms with Crippen LogP contribution in [0.25, 0.3) is 0 Å². The van der Waals surface area contributed by atoms with Crippen LogP contribution in [0.4, 0.5) is 5.69 Å². The summed E-state index contributed by atoms with van der Waals surface area (Å²) in [5, 5.41) is 4.14. The largest absolute Gasteiger partial charge is 0.379 e. The molecule has 0 saturated heterocycles. The van der Waals surface area contributed by atoms with E-state index in [4.69, 9.17) is 11.6 Å². The monoisotopic (exact) mass is 234 g/mol. The van der Waals surface area contributed by atoms with Gasteiger partial charge in [-0.15, -0.1) is 0 Å². The number of halogens is 1. The van der Waals surface area contributed by atoms with Crippen molar-refractivity contribution in [1.82, 2.24) is 4.57 Å². The highest BCUT2D eigenvalue weighted by molar-refractivity contribution is 6.30. The highest BCUT2D eigenvalue weighted by Crippen LogP contribution is 2.14. The Bertz CT molecular complexity index is 445. The summed E-state index contributed by atoms with van der Waals surface area (Å²) in [7, 11) is 0. The Hall–Kier alpha value is -1.41. The van der Waals surface area contributed by atoms with E-state index in [0.29, 0.717) is 0 Å². The van der Waals surface area contributed by atoms with E-state index in [1.807, 2.05) is 24.3 Å². The predicted octanol–water partition coefficient (Wildman–Crippen LogP) is 3.77. The molecule has 0 aliphatic heterocycles. The second kappa shape index (κ2) is 5.08. The maximum absolute atomic E-state index is 5.83. The Kier molecular flexibility index (Phi) is 3.52. The first-order valence-electron chi connectivity index (χ1n) is 5.43. The van der Waals surface area contributed by atoms with Crippen molar-refractivity contribution >= 4 is 17.3 Å². The third-order valence-electron chi connectivity index (χ3n) is 2.58. The first-order valence-corrected chi connectivity index (χ1v) is 5.81. The summed E-state index contributed by atoms with van der Waals surface area (Å²) in [5.41, 5.74) is 2.38. The fourth-order valence-electron chi connectivity index (χ4n) is 1.68. The lowest BCUT2D eigenvalue weighted by Crippen LogP contribution is -2.05. The molecule has 0 aliphatic carbocycles. The molecular weight excluding hydrogens is 220 g/mol. The van der Waals surface area contributed by atoms with Gasteiger partial charge >= 0.3 is 0 Å². The van der Waals surface area contributed by atoms with Gasteiger partial charge < -0.3 is 9.88 Å². The molecule has 1 aromatic carbocycles. The van der Waals surface area contributed by atoms with Gasteiger partial charge in [-0.1, -0.05) is 11.6 Å². The average molecular weight is 235 g/mol.